The molecule has 0 aliphatic rings. The monoisotopic (exact) mass is 508 g/mol. The maximum atomic E-state index is 12.8. The van der Waals surface area contributed by atoms with Gasteiger partial charge in [-0.3, -0.25) is 4.99 Å². The third kappa shape index (κ3) is 9.34. The van der Waals surface area contributed by atoms with Crippen LogP contribution in [0.3, 0.4) is 0 Å². The number of aliphatic hydroxyl groups is 1. The summed E-state index contributed by atoms with van der Waals surface area (Å²) in [5, 5.41) is 19.5. The van der Waals surface area contributed by atoms with E-state index in [0.717, 1.165) is 23.7 Å². The second-order valence-corrected chi connectivity index (χ2v) is 6.74. The molecule has 0 bridgehead atoms. The number of hydrogen-bond donors (Lipinski definition) is 3. The van der Waals surface area contributed by atoms with Crippen molar-refractivity contribution < 1.29 is 14.2 Å². The van der Waals surface area contributed by atoms with Gasteiger partial charge in [-0.15, -0.1) is 35.3 Å². The quantitative estimate of drug-likeness (QED) is 0.276. The van der Waals surface area contributed by atoms with Crippen LogP contribution in [0, 0.1) is 12.7 Å². The van der Waals surface area contributed by atoms with Crippen molar-refractivity contribution in [2.75, 3.05) is 26.2 Å². The van der Waals surface area contributed by atoms with Crippen LogP contribution in [0.25, 0.3) is 0 Å². The SMILES string of the molecule is CCNC(=NCC(O)COc1ccc(F)cc1)NCCc1csc(C)n1.I. The topological polar surface area (TPSA) is 78.8 Å². The highest BCUT2D eigenvalue weighted by molar-refractivity contribution is 14.0. The average Bonchev–Trinajstić information content (AvgIpc) is 3.04. The summed E-state index contributed by atoms with van der Waals surface area (Å²) >= 11 is 1.64. The molecule has 6 nitrogen and oxygen atoms in total. The fourth-order valence-electron chi connectivity index (χ4n) is 2.15. The van der Waals surface area contributed by atoms with Crippen LogP contribution in [0.5, 0.6) is 5.75 Å². The second-order valence-electron chi connectivity index (χ2n) is 5.67. The Morgan fingerprint density at radius 2 is 2.07 bits per heavy atom. The molecule has 0 aliphatic heterocycles. The third-order valence-electron chi connectivity index (χ3n) is 3.40. The fraction of sp³-hybridized carbons (Fsp3) is 0.444. The zero-order valence-electron chi connectivity index (χ0n) is 15.4. The molecule has 27 heavy (non-hydrogen) atoms. The fourth-order valence-corrected chi connectivity index (χ4v) is 2.79. The Hall–Kier alpha value is -1.46. The lowest BCUT2D eigenvalue weighted by Gasteiger charge is -2.13. The molecule has 1 atom stereocenters. The van der Waals surface area contributed by atoms with Crippen LogP contribution in [-0.4, -0.2) is 48.4 Å². The second kappa shape index (κ2) is 12.8. The highest BCUT2D eigenvalue weighted by Crippen LogP contribution is 2.11. The lowest BCUT2D eigenvalue weighted by Crippen LogP contribution is -2.39. The minimum atomic E-state index is -0.753. The zero-order chi connectivity index (χ0) is 18.8. The Kier molecular flexibility index (Phi) is 11.2. The van der Waals surface area contributed by atoms with Crippen molar-refractivity contribution in [3.05, 3.63) is 46.2 Å². The lowest BCUT2D eigenvalue weighted by atomic mass is 10.3. The first kappa shape index (κ1) is 23.6. The largest absolute Gasteiger partial charge is 0.491 e. The van der Waals surface area contributed by atoms with Crippen LogP contribution >= 0.6 is 35.3 Å². The number of nitrogens with one attached hydrogen (secondary N) is 2. The molecule has 150 valence electrons. The Morgan fingerprint density at radius 3 is 2.70 bits per heavy atom. The Balaban J connectivity index is 0.00000364. The number of aliphatic imine (C=N–C) groups is 1. The van der Waals surface area contributed by atoms with E-state index in [1.165, 1.54) is 24.3 Å². The number of aliphatic hydroxyl groups excluding tert-OH is 1. The number of thiazole rings is 1. The van der Waals surface area contributed by atoms with Crippen molar-refractivity contribution in [1.82, 2.24) is 15.6 Å². The van der Waals surface area contributed by atoms with E-state index in [1.54, 1.807) is 11.3 Å². The molecule has 9 heteroatoms. The highest BCUT2D eigenvalue weighted by Gasteiger charge is 2.06. The van der Waals surface area contributed by atoms with Gasteiger partial charge in [0.15, 0.2) is 5.96 Å². The predicted molar refractivity (Wildman–Crippen MR) is 118 cm³/mol. The van der Waals surface area contributed by atoms with Crippen molar-refractivity contribution in [3.8, 4) is 5.75 Å². The number of aryl methyl sites for hydroxylation is 1. The Bertz CT molecular complexity index is 697. The first-order chi connectivity index (χ1) is 12.6. The van der Waals surface area contributed by atoms with Crippen LogP contribution in [0.2, 0.25) is 0 Å². The van der Waals surface area contributed by atoms with Gasteiger partial charge in [-0.2, -0.15) is 0 Å². The lowest BCUT2D eigenvalue weighted by molar-refractivity contribution is 0.114. The number of rotatable bonds is 9. The minimum absolute atomic E-state index is 0. The summed E-state index contributed by atoms with van der Waals surface area (Å²) in [7, 11) is 0. The predicted octanol–water partition coefficient (Wildman–Crippen LogP) is 2.75. The number of guanidine groups is 1. The number of benzene rings is 1. The zero-order valence-corrected chi connectivity index (χ0v) is 18.6. The third-order valence-corrected chi connectivity index (χ3v) is 4.22. The van der Waals surface area contributed by atoms with Crippen molar-refractivity contribution in [3.63, 3.8) is 0 Å². The van der Waals surface area contributed by atoms with Gasteiger partial charge in [0.25, 0.3) is 0 Å². The molecule has 0 aliphatic carbocycles. The van der Waals surface area contributed by atoms with Gasteiger partial charge in [0.05, 0.1) is 17.2 Å². The first-order valence-electron chi connectivity index (χ1n) is 8.56. The van der Waals surface area contributed by atoms with Crippen LogP contribution in [0.15, 0.2) is 34.6 Å². The molecule has 0 spiro atoms. The molecule has 2 rings (SSSR count). The molecule has 2 aromatic rings. The van der Waals surface area contributed by atoms with Gasteiger partial charge >= 0.3 is 0 Å². The van der Waals surface area contributed by atoms with Gasteiger partial charge in [0.2, 0.25) is 0 Å². The smallest absolute Gasteiger partial charge is 0.191 e. The van der Waals surface area contributed by atoms with Crippen molar-refractivity contribution in [2.45, 2.75) is 26.4 Å². The van der Waals surface area contributed by atoms with E-state index in [0.29, 0.717) is 18.3 Å². The van der Waals surface area contributed by atoms with Gasteiger partial charge in [0.1, 0.15) is 24.3 Å². The van der Waals surface area contributed by atoms with Crippen molar-refractivity contribution >= 4 is 41.3 Å². The molecule has 1 heterocycles. The Labute approximate surface area is 180 Å². The number of ether oxygens (including phenoxy) is 1. The van der Waals surface area contributed by atoms with E-state index >= 15 is 0 Å². The van der Waals surface area contributed by atoms with Crippen LogP contribution in [0.1, 0.15) is 17.6 Å². The summed E-state index contributed by atoms with van der Waals surface area (Å²) < 4.78 is 18.3. The standard InChI is InChI=1S/C18H25FN4O2S.HI/c1-3-20-18(21-9-8-15-12-26-13(2)23-15)22-10-16(24)11-25-17-6-4-14(19)5-7-17;/h4-7,12,16,24H,3,8-11H2,1-2H3,(H2,20,21,22);1H. The van der Waals surface area contributed by atoms with Gasteiger partial charge in [-0.25, -0.2) is 9.37 Å². The molecule has 0 radical (unpaired) electrons. The number of nitrogens with zero attached hydrogens (tertiary/aromatic N) is 2. The van der Waals surface area contributed by atoms with E-state index in [4.69, 9.17) is 4.74 Å². The number of halogens is 2. The summed E-state index contributed by atoms with van der Waals surface area (Å²) in [6, 6.07) is 5.68. The van der Waals surface area contributed by atoms with Gasteiger partial charge in [-0.1, -0.05) is 0 Å². The molecular formula is C18H26FIN4O2S. The number of aromatic nitrogens is 1. The summed E-state index contributed by atoms with van der Waals surface area (Å²) in [6.45, 7) is 5.69. The van der Waals surface area contributed by atoms with E-state index in [2.05, 4.69) is 26.0 Å². The van der Waals surface area contributed by atoms with E-state index in [1.807, 2.05) is 13.8 Å². The molecule has 1 aromatic heterocycles. The van der Waals surface area contributed by atoms with Crippen molar-refractivity contribution in [2.24, 2.45) is 4.99 Å². The molecule has 0 saturated heterocycles. The summed E-state index contributed by atoms with van der Waals surface area (Å²) in [5.41, 5.74) is 1.06. The summed E-state index contributed by atoms with van der Waals surface area (Å²) in [4.78, 5) is 8.79. The normalized spacial score (nSPS) is 12.2. The molecule has 0 saturated carbocycles. The minimum Gasteiger partial charge on any atom is -0.491 e. The summed E-state index contributed by atoms with van der Waals surface area (Å²) in [5.74, 6) is 0.829. The van der Waals surface area contributed by atoms with Gasteiger partial charge in [-0.05, 0) is 38.1 Å². The first-order valence-corrected chi connectivity index (χ1v) is 9.44. The molecule has 1 aromatic carbocycles. The maximum Gasteiger partial charge on any atom is 0.191 e. The van der Waals surface area contributed by atoms with Gasteiger partial charge in [0, 0.05) is 24.9 Å². The number of hydrogen-bond acceptors (Lipinski definition) is 5. The Morgan fingerprint density at radius 1 is 1.33 bits per heavy atom. The molecule has 3 N–H and O–H groups in total. The van der Waals surface area contributed by atoms with E-state index in [-0.39, 0.29) is 42.9 Å². The highest BCUT2D eigenvalue weighted by atomic mass is 127. The van der Waals surface area contributed by atoms with Crippen LogP contribution < -0.4 is 15.4 Å². The molecule has 0 amide bonds. The van der Waals surface area contributed by atoms with Crippen molar-refractivity contribution in [1.29, 1.82) is 0 Å². The van der Waals surface area contributed by atoms with Crippen LogP contribution in [0.4, 0.5) is 4.39 Å². The van der Waals surface area contributed by atoms with E-state index < -0.39 is 6.10 Å². The summed E-state index contributed by atoms with van der Waals surface area (Å²) in [6.07, 6.45) is 0.0574. The molecule has 0 fully saturated rings. The van der Waals surface area contributed by atoms with Gasteiger partial charge < -0.3 is 20.5 Å². The molecular weight excluding hydrogens is 482 g/mol. The molecule has 1 unspecified atom stereocenters. The maximum absolute atomic E-state index is 12.8. The van der Waals surface area contributed by atoms with Crippen LogP contribution in [-0.2, 0) is 6.42 Å². The van der Waals surface area contributed by atoms with E-state index in [9.17, 15) is 9.50 Å². The average molecular weight is 508 g/mol.